The molecule has 1 aromatic heterocycles. The Labute approximate surface area is 122 Å². The molecule has 2 rings (SSSR count). The minimum absolute atomic E-state index is 0.538. The summed E-state index contributed by atoms with van der Waals surface area (Å²) >= 11 is 0. The lowest BCUT2D eigenvalue weighted by molar-refractivity contribution is 0.0350. The molecule has 20 heavy (non-hydrogen) atoms. The first-order chi connectivity index (χ1) is 9.28. The van der Waals surface area contributed by atoms with Gasteiger partial charge in [0.25, 0.3) is 0 Å². The summed E-state index contributed by atoms with van der Waals surface area (Å²) in [6, 6.07) is 3.85. The molecule has 0 aromatic carbocycles. The van der Waals surface area contributed by atoms with Gasteiger partial charge in [0.15, 0.2) is 0 Å². The summed E-state index contributed by atoms with van der Waals surface area (Å²) in [4.78, 5) is 6.57. The van der Waals surface area contributed by atoms with E-state index in [1.54, 1.807) is 20.0 Å². The van der Waals surface area contributed by atoms with Crippen molar-refractivity contribution >= 4 is 5.82 Å². The lowest BCUT2D eigenvalue weighted by atomic mass is 9.94. The fraction of sp³-hybridized carbons (Fsp3) is 0.688. The molecule has 0 atom stereocenters. The topological polar surface area (TPSA) is 56.6 Å². The highest BCUT2D eigenvalue weighted by Gasteiger charge is 2.28. The molecule has 114 valence electrons. The Morgan fingerprint density at radius 1 is 1.20 bits per heavy atom. The van der Waals surface area contributed by atoms with Crippen LogP contribution in [-0.2, 0) is 5.60 Å². The van der Waals surface area contributed by atoms with Gasteiger partial charge in [-0.15, -0.1) is 0 Å². The maximum atomic E-state index is 9.91. The van der Waals surface area contributed by atoms with Crippen LogP contribution < -0.4 is 4.90 Å². The number of hydrogen-bond donors (Lipinski definition) is 2. The molecule has 0 bridgehead atoms. The summed E-state index contributed by atoms with van der Waals surface area (Å²) in [6.45, 7) is 11.0. The van der Waals surface area contributed by atoms with Crippen LogP contribution in [0.5, 0.6) is 0 Å². The predicted octanol–water partition coefficient (Wildman–Crippen LogP) is 2.69. The summed E-state index contributed by atoms with van der Waals surface area (Å²) in [5, 5.41) is 19.8. The van der Waals surface area contributed by atoms with Crippen molar-refractivity contribution in [3.63, 3.8) is 0 Å². The zero-order chi connectivity index (χ0) is 15.4. The van der Waals surface area contributed by atoms with E-state index in [1.807, 2.05) is 32.9 Å². The summed E-state index contributed by atoms with van der Waals surface area (Å²) < 4.78 is 0. The molecule has 1 aromatic rings. The second-order valence-electron chi connectivity index (χ2n) is 5.95. The van der Waals surface area contributed by atoms with Crippen molar-refractivity contribution < 1.29 is 10.2 Å². The number of hydrogen-bond acceptors (Lipinski definition) is 4. The van der Waals surface area contributed by atoms with E-state index in [0.717, 1.165) is 37.3 Å². The van der Waals surface area contributed by atoms with Gasteiger partial charge in [-0.1, -0.05) is 19.9 Å². The van der Waals surface area contributed by atoms with Gasteiger partial charge in [0.1, 0.15) is 5.82 Å². The van der Waals surface area contributed by atoms with E-state index < -0.39 is 11.2 Å². The van der Waals surface area contributed by atoms with E-state index in [2.05, 4.69) is 9.88 Å². The van der Waals surface area contributed by atoms with Crippen LogP contribution in [0, 0.1) is 0 Å². The minimum Gasteiger partial charge on any atom is -0.390 e. The molecule has 4 heteroatoms. The number of pyridine rings is 1. The SMILES string of the molecule is CC.CC1(O)CCN(c2ccc(C(C)(C)O)cn2)CC1. The third kappa shape index (κ3) is 4.46. The summed E-state index contributed by atoms with van der Waals surface area (Å²) in [5.41, 5.74) is -0.573. The van der Waals surface area contributed by atoms with Gasteiger partial charge in [-0.2, -0.15) is 0 Å². The lowest BCUT2D eigenvalue weighted by Gasteiger charge is -2.36. The van der Waals surface area contributed by atoms with Gasteiger partial charge in [0.05, 0.1) is 11.2 Å². The van der Waals surface area contributed by atoms with Crippen molar-refractivity contribution in [1.82, 2.24) is 4.98 Å². The zero-order valence-electron chi connectivity index (χ0n) is 13.3. The van der Waals surface area contributed by atoms with Crippen LogP contribution in [0.1, 0.15) is 53.0 Å². The fourth-order valence-electron chi connectivity index (χ4n) is 2.15. The van der Waals surface area contributed by atoms with Crippen LogP contribution in [0.3, 0.4) is 0 Å². The van der Waals surface area contributed by atoms with Gasteiger partial charge < -0.3 is 15.1 Å². The lowest BCUT2D eigenvalue weighted by Crippen LogP contribution is -2.42. The quantitative estimate of drug-likeness (QED) is 0.874. The fourth-order valence-corrected chi connectivity index (χ4v) is 2.15. The number of rotatable bonds is 2. The Kier molecular flexibility index (Phi) is 5.54. The number of aliphatic hydroxyl groups is 2. The van der Waals surface area contributed by atoms with E-state index in [-0.39, 0.29) is 0 Å². The molecule has 1 aliphatic rings. The highest BCUT2D eigenvalue weighted by atomic mass is 16.3. The molecule has 0 amide bonds. The van der Waals surface area contributed by atoms with Crippen molar-refractivity contribution in [2.75, 3.05) is 18.0 Å². The predicted molar refractivity (Wildman–Crippen MR) is 82.9 cm³/mol. The summed E-state index contributed by atoms with van der Waals surface area (Å²) in [6.07, 6.45) is 3.26. The summed E-state index contributed by atoms with van der Waals surface area (Å²) in [7, 11) is 0. The van der Waals surface area contributed by atoms with Gasteiger partial charge in [-0.25, -0.2) is 4.98 Å². The van der Waals surface area contributed by atoms with Crippen LogP contribution in [0.25, 0.3) is 0 Å². The third-order valence-corrected chi connectivity index (χ3v) is 3.62. The van der Waals surface area contributed by atoms with Crippen LogP contribution in [-0.4, -0.2) is 33.9 Å². The van der Waals surface area contributed by atoms with E-state index in [0.29, 0.717) is 0 Å². The van der Waals surface area contributed by atoms with E-state index in [1.165, 1.54) is 0 Å². The highest BCUT2D eigenvalue weighted by Crippen LogP contribution is 2.26. The Morgan fingerprint density at radius 3 is 2.15 bits per heavy atom. The number of aromatic nitrogens is 1. The second-order valence-corrected chi connectivity index (χ2v) is 5.95. The Bertz CT molecular complexity index is 397. The smallest absolute Gasteiger partial charge is 0.128 e. The Hall–Kier alpha value is -1.13. The van der Waals surface area contributed by atoms with Gasteiger partial charge in [0, 0.05) is 24.8 Å². The molecule has 2 N–H and O–H groups in total. The molecule has 0 aliphatic carbocycles. The largest absolute Gasteiger partial charge is 0.390 e. The number of piperidine rings is 1. The molecule has 1 saturated heterocycles. The molecule has 0 radical (unpaired) electrons. The van der Waals surface area contributed by atoms with Crippen LogP contribution in [0.4, 0.5) is 5.82 Å². The van der Waals surface area contributed by atoms with Crippen molar-refractivity contribution in [1.29, 1.82) is 0 Å². The number of anilines is 1. The zero-order valence-corrected chi connectivity index (χ0v) is 13.3. The normalized spacial score (nSPS) is 18.2. The van der Waals surface area contributed by atoms with E-state index in [9.17, 15) is 10.2 Å². The molecule has 4 nitrogen and oxygen atoms in total. The van der Waals surface area contributed by atoms with Crippen molar-refractivity contribution in [3.05, 3.63) is 23.9 Å². The average Bonchev–Trinajstić information content (AvgIpc) is 2.40. The Morgan fingerprint density at radius 2 is 1.75 bits per heavy atom. The Balaban J connectivity index is 0.000000956. The van der Waals surface area contributed by atoms with Crippen molar-refractivity contribution in [2.24, 2.45) is 0 Å². The molecule has 1 fully saturated rings. The molecule has 0 unspecified atom stereocenters. The van der Waals surface area contributed by atoms with Crippen LogP contribution in [0.2, 0.25) is 0 Å². The maximum Gasteiger partial charge on any atom is 0.128 e. The van der Waals surface area contributed by atoms with Gasteiger partial charge in [-0.3, -0.25) is 0 Å². The van der Waals surface area contributed by atoms with Crippen molar-refractivity contribution in [2.45, 2.75) is 58.7 Å². The second kappa shape index (κ2) is 6.55. The molecule has 2 heterocycles. The maximum absolute atomic E-state index is 9.91. The molecule has 1 aliphatic heterocycles. The molecule has 0 spiro atoms. The monoisotopic (exact) mass is 280 g/mol. The van der Waals surface area contributed by atoms with Gasteiger partial charge in [-0.05, 0) is 39.7 Å². The highest BCUT2D eigenvalue weighted by molar-refractivity contribution is 5.40. The minimum atomic E-state index is -0.850. The first-order valence-electron chi connectivity index (χ1n) is 7.44. The van der Waals surface area contributed by atoms with Crippen LogP contribution >= 0.6 is 0 Å². The van der Waals surface area contributed by atoms with E-state index in [4.69, 9.17) is 0 Å². The van der Waals surface area contributed by atoms with Gasteiger partial charge in [0.2, 0.25) is 0 Å². The van der Waals surface area contributed by atoms with Crippen molar-refractivity contribution in [3.8, 4) is 0 Å². The number of nitrogens with zero attached hydrogens (tertiary/aromatic N) is 2. The van der Waals surface area contributed by atoms with E-state index >= 15 is 0 Å². The first kappa shape index (κ1) is 16.9. The van der Waals surface area contributed by atoms with Gasteiger partial charge >= 0.3 is 0 Å². The summed E-state index contributed by atoms with van der Waals surface area (Å²) in [5.74, 6) is 0.915. The molecule has 0 saturated carbocycles. The van der Waals surface area contributed by atoms with Crippen LogP contribution in [0.15, 0.2) is 18.3 Å². The average molecular weight is 280 g/mol. The molecular formula is C16H28N2O2. The first-order valence-corrected chi connectivity index (χ1v) is 7.44. The standard InChI is InChI=1S/C14H22N2O2.C2H6/c1-13(2,17)11-4-5-12(15-10-11)16-8-6-14(3,18)7-9-16;1-2/h4-5,10,17-18H,6-9H2,1-3H3;1-2H3. The molecular weight excluding hydrogens is 252 g/mol. The third-order valence-electron chi connectivity index (χ3n) is 3.62.